The van der Waals surface area contributed by atoms with Crippen LogP contribution in [-0.4, -0.2) is 17.9 Å². The number of rotatable bonds is 5. The van der Waals surface area contributed by atoms with Crippen molar-refractivity contribution in [1.29, 1.82) is 0 Å². The fourth-order valence-electron chi connectivity index (χ4n) is 2.13. The summed E-state index contributed by atoms with van der Waals surface area (Å²) < 4.78 is 5.21. The SMILES string of the molecule is C=C(c1ccc([N+](=O)[O-])cc1)c1ccc(OC)c(NC(C)=O)c1. The molecule has 0 saturated heterocycles. The van der Waals surface area contributed by atoms with Crippen LogP contribution in [0.5, 0.6) is 5.75 Å². The van der Waals surface area contributed by atoms with Crippen LogP contribution < -0.4 is 10.1 Å². The minimum absolute atomic E-state index is 0.0233. The quantitative estimate of drug-likeness (QED) is 0.675. The molecule has 0 aliphatic heterocycles. The Morgan fingerprint density at radius 2 is 1.78 bits per heavy atom. The third-order valence-electron chi connectivity index (χ3n) is 3.29. The number of anilines is 1. The number of carbonyl (C=O) groups excluding carboxylic acids is 1. The lowest BCUT2D eigenvalue weighted by Gasteiger charge is -2.12. The lowest BCUT2D eigenvalue weighted by molar-refractivity contribution is -0.384. The number of non-ortho nitro benzene ring substituents is 1. The van der Waals surface area contributed by atoms with Crippen molar-refractivity contribution in [2.75, 3.05) is 12.4 Å². The topological polar surface area (TPSA) is 81.5 Å². The number of nitrogens with zero attached hydrogens (tertiary/aromatic N) is 1. The Labute approximate surface area is 133 Å². The molecular weight excluding hydrogens is 296 g/mol. The van der Waals surface area contributed by atoms with Gasteiger partial charge in [-0.3, -0.25) is 14.9 Å². The van der Waals surface area contributed by atoms with Crippen LogP contribution in [0.1, 0.15) is 18.1 Å². The van der Waals surface area contributed by atoms with Crippen LogP contribution >= 0.6 is 0 Å². The van der Waals surface area contributed by atoms with Gasteiger partial charge in [0.2, 0.25) is 5.91 Å². The highest BCUT2D eigenvalue weighted by Crippen LogP contribution is 2.31. The summed E-state index contributed by atoms with van der Waals surface area (Å²) in [5, 5.41) is 13.4. The largest absolute Gasteiger partial charge is 0.495 e. The van der Waals surface area contributed by atoms with E-state index in [1.165, 1.54) is 26.2 Å². The van der Waals surface area contributed by atoms with Crippen molar-refractivity contribution in [1.82, 2.24) is 0 Å². The molecule has 2 aromatic carbocycles. The maximum atomic E-state index is 11.3. The van der Waals surface area contributed by atoms with Crippen molar-refractivity contribution in [3.63, 3.8) is 0 Å². The Morgan fingerprint density at radius 1 is 1.17 bits per heavy atom. The molecule has 23 heavy (non-hydrogen) atoms. The van der Waals surface area contributed by atoms with Gasteiger partial charge in [-0.25, -0.2) is 0 Å². The number of nitro groups is 1. The van der Waals surface area contributed by atoms with Crippen LogP contribution in [0.2, 0.25) is 0 Å². The van der Waals surface area contributed by atoms with Gasteiger partial charge in [-0.15, -0.1) is 0 Å². The van der Waals surface area contributed by atoms with Crippen molar-refractivity contribution in [2.45, 2.75) is 6.92 Å². The molecule has 0 aliphatic carbocycles. The summed E-state index contributed by atoms with van der Waals surface area (Å²) in [7, 11) is 1.52. The third-order valence-corrected chi connectivity index (χ3v) is 3.29. The standard InChI is InChI=1S/C17H16N2O4/c1-11(13-4-7-15(8-5-13)19(21)22)14-6-9-17(23-3)16(10-14)18-12(2)20/h4-10H,1H2,2-3H3,(H,18,20). The van der Waals surface area contributed by atoms with E-state index in [9.17, 15) is 14.9 Å². The lowest BCUT2D eigenvalue weighted by Crippen LogP contribution is -2.07. The number of nitro benzene ring substituents is 1. The van der Waals surface area contributed by atoms with Gasteiger partial charge in [-0.2, -0.15) is 0 Å². The van der Waals surface area contributed by atoms with E-state index < -0.39 is 4.92 Å². The van der Waals surface area contributed by atoms with Crippen molar-refractivity contribution < 1.29 is 14.5 Å². The third kappa shape index (κ3) is 3.74. The van der Waals surface area contributed by atoms with Crippen LogP contribution in [0.25, 0.3) is 5.57 Å². The molecule has 1 N–H and O–H groups in total. The van der Waals surface area contributed by atoms with E-state index in [0.717, 1.165) is 11.1 Å². The van der Waals surface area contributed by atoms with Crippen LogP contribution in [0, 0.1) is 10.1 Å². The van der Waals surface area contributed by atoms with Gasteiger partial charge in [0.05, 0.1) is 17.7 Å². The molecule has 2 rings (SSSR count). The summed E-state index contributed by atoms with van der Waals surface area (Å²) in [4.78, 5) is 21.5. The molecule has 0 fully saturated rings. The highest BCUT2D eigenvalue weighted by molar-refractivity contribution is 5.92. The Kier molecular flexibility index (Phi) is 4.75. The fourth-order valence-corrected chi connectivity index (χ4v) is 2.13. The summed E-state index contributed by atoms with van der Waals surface area (Å²) in [6.07, 6.45) is 0. The number of nitrogens with one attached hydrogen (secondary N) is 1. The van der Waals surface area contributed by atoms with E-state index in [2.05, 4.69) is 11.9 Å². The van der Waals surface area contributed by atoms with E-state index in [4.69, 9.17) is 4.74 Å². The summed E-state index contributed by atoms with van der Waals surface area (Å²) in [5.41, 5.74) is 2.79. The van der Waals surface area contributed by atoms with Gasteiger partial charge in [0.15, 0.2) is 0 Å². The van der Waals surface area contributed by atoms with Crippen molar-refractivity contribution >= 4 is 22.9 Å². The van der Waals surface area contributed by atoms with Gasteiger partial charge < -0.3 is 10.1 Å². The summed E-state index contributed by atoms with van der Waals surface area (Å²) in [6, 6.07) is 11.4. The Hall–Kier alpha value is -3.15. The van der Waals surface area contributed by atoms with Crippen LogP contribution in [-0.2, 0) is 4.79 Å². The first-order valence-corrected chi connectivity index (χ1v) is 6.82. The highest BCUT2D eigenvalue weighted by Gasteiger charge is 2.11. The number of amides is 1. The molecule has 0 bridgehead atoms. The molecule has 0 heterocycles. The van der Waals surface area contributed by atoms with E-state index in [1.807, 2.05) is 6.07 Å². The molecule has 118 valence electrons. The second-order valence-electron chi connectivity index (χ2n) is 4.88. The summed E-state index contributed by atoms with van der Waals surface area (Å²) >= 11 is 0. The zero-order chi connectivity index (χ0) is 17.0. The average Bonchev–Trinajstić information content (AvgIpc) is 2.53. The van der Waals surface area contributed by atoms with E-state index in [-0.39, 0.29) is 11.6 Å². The number of carbonyl (C=O) groups is 1. The molecule has 0 saturated carbocycles. The molecule has 2 aromatic rings. The molecule has 0 aromatic heterocycles. The van der Waals surface area contributed by atoms with Crippen LogP contribution in [0.3, 0.4) is 0 Å². The number of hydrogen-bond donors (Lipinski definition) is 1. The fraction of sp³-hybridized carbons (Fsp3) is 0.118. The Bertz CT molecular complexity index is 767. The number of methoxy groups -OCH3 is 1. The molecule has 0 spiro atoms. The molecular formula is C17H16N2O4. The van der Waals surface area contributed by atoms with Crippen molar-refractivity contribution in [3.8, 4) is 5.75 Å². The van der Waals surface area contributed by atoms with Gasteiger partial charge in [0.25, 0.3) is 5.69 Å². The normalized spacial score (nSPS) is 10.0. The Balaban J connectivity index is 2.35. The van der Waals surface area contributed by atoms with E-state index in [0.29, 0.717) is 17.0 Å². The van der Waals surface area contributed by atoms with Crippen molar-refractivity contribution in [3.05, 3.63) is 70.3 Å². The minimum atomic E-state index is -0.450. The second kappa shape index (κ2) is 6.74. The van der Waals surface area contributed by atoms with Crippen LogP contribution in [0.4, 0.5) is 11.4 Å². The van der Waals surface area contributed by atoms with Gasteiger partial charge >= 0.3 is 0 Å². The maximum absolute atomic E-state index is 11.3. The number of benzene rings is 2. The smallest absolute Gasteiger partial charge is 0.269 e. The van der Waals surface area contributed by atoms with Gasteiger partial charge in [-0.05, 0) is 41.0 Å². The first-order valence-electron chi connectivity index (χ1n) is 6.82. The molecule has 0 unspecified atom stereocenters. The first-order chi connectivity index (χ1) is 10.9. The molecule has 1 amide bonds. The van der Waals surface area contributed by atoms with Crippen molar-refractivity contribution in [2.24, 2.45) is 0 Å². The van der Waals surface area contributed by atoms with Gasteiger partial charge in [-0.1, -0.05) is 12.6 Å². The predicted molar refractivity (Wildman–Crippen MR) is 88.5 cm³/mol. The molecule has 6 heteroatoms. The lowest BCUT2D eigenvalue weighted by atomic mass is 9.98. The molecule has 0 radical (unpaired) electrons. The molecule has 6 nitrogen and oxygen atoms in total. The zero-order valence-corrected chi connectivity index (χ0v) is 12.8. The second-order valence-corrected chi connectivity index (χ2v) is 4.88. The van der Waals surface area contributed by atoms with Crippen LogP contribution in [0.15, 0.2) is 49.0 Å². The molecule has 0 atom stereocenters. The van der Waals surface area contributed by atoms with E-state index in [1.54, 1.807) is 24.3 Å². The summed E-state index contributed by atoms with van der Waals surface area (Å²) in [5.74, 6) is 0.335. The molecule has 0 aliphatic rings. The van der Waals surface area contributed by atoms with E-state index >= 15 is 0 Å². The maximum Gasteiger partial charge on any atom is 0.269 e. The Morgan fingerprint density at radius 3 is 2.30 bits per heavy atom. The highest BCUT2D eigenvalue weighted by atomic mass is 16.6. The monoisotopic (exact) mass is 312 g/mol. The van der Waals surface area contributed by atoms with Gasteiger partial charge in [0, 0.05) is 19.1 Å². The predicted octanol–water partition coefficient (Wildman–Crippen LogP) is 3.62. The average molecular weight is 312 g/mol. The first kappa shape index (κ1) is 16.2. The number of ether oxygens (including phenoxy) is 1. The minimum Gasteiger partial charge on any atom is -0.495 e. The zero-order valence-electron chi connectivity index (χ0n) is 12.8. The van der Waals surface area contributed by atoms with Gasteiger partial charge in [0.1, 0.15) is 5.75 Å². The number of hydrogen-bond acceptors (Lipinski definition) is 4. The summed E-state index contributed by atoms with van der Waals surface area (Å²) in [6.45, 7) is 5.44.